The van der Waals surface area contributed by atoms with E-state index < -0.39 is 28.8 Å². The predicted molar refractivity (Wildman–Crippen MR) is 140 cm³/mol. The molecule has 2 bridgehead atoms. The molecule has 2 aliphatic heterocycles. The fraction of sp³-hybridized carbons (Fsp3) is 0.600. The van der Waals surface area contributed by atoms with Crippen LogP contribution in [-0.2, 0) is 4.74 Å². The van der Waals surface area contributed by atoms with E-state index in [1.54, 1.807) is 0 Å². The average Bonchev–Trinajstić information content (AvgIpc) is 3.54. The highest BCUT2D eigenvalue weighted by Crippen LogP contribution is 2.72. The number of hydrogen-bond acceptors (Lipinski definition) is 6. The second-order valence-electron chi connectivity index (χ2n) is 12.7. The molecule has 0 radical (unpaired) electrons. The van der Waals surface area contributed by atoms with E-state index in [0.29, 0.717) is 12.8 Å². The molecular weight excluding hydrogens is 464 g/mol. The zero-order valence-electron chi connectivity index (χ0n) is 22.1. The van der Waals surface area contributed by atoms with Crippen molar-refractivity contribution in [3.8, 4) is 6.07 Å². The summed E-state index contributed by atoms with van der Waals surface area (Å²) in [6.07, 6.45) is 7.14. The summed E-state index contributed by atoms with van der Waals surface area (Å²) in [5.41, 5.74) is 3.18. The van der Waals surface area contributed by atoms with Crippen molar-refractivity contribution in [1.29, 1.82) is 5.26 Å². The monoisotopic (exact) mass is 500 g/mol. The fourth-order valence-electron chi connectivity index (χ4n) is 9.00. The number of likely N-dealkylation sites (N-methyl/N-ethyl adjacent to an activating group) is 1. The Kier molecular flexibility index (Phi) is 4.67. The van der Waals surface area contributed by atoms with Gasteiger partial charge in [-0.05, 0) is 87.7 Å². The van der Waals surface area contributed by atoms with Crippen molar-refractivity contribution in [2.45, 2.75) is 81.8 Å². The van der Waals surface area contributed by atoms with Crippen LogP contribution in [0.25, 0.3) is 16.5 Å². The number of fused-ring (bicyclic) bond motifs is 2. The number of aliphatic hydroxyl groups is 2. The van der Waals surface area contributed by atoms with Crippen molar-refractivity contribution in [3.05, 3.63) is 47.2 Å². The number of aromatic nitrogens is 2. The van der Waals surface area contributed by atoms with Gasteiger partial charge in [-0.3, -0.25) is 5.10 Å². The minimum atomic E-state index is -1.02. The van der Waals surface area contributed by atoms with E-state index in [4.69, 9.17) is 4.74 Å². The highest BCUT2D eigenvalue weighted by Gasteiger charge is 2.74. The van der Waals surface area contributed by atoms with Gasteiger partial charge in [0.15, 0.2) is 0 Å². The van der Waals surface area contributed by atoms with Crippen LogP contribution in [0.1, 0.15) is 56.7 Å². The molecule has 37 heavy (non-hydrogen) atoms. The summed E-state index contributed by atoms with van der Waals surface area (Å²) in [6.45, 7) is 4.41. The van der Waals surface area contributed by atoms with E-state index in [0.717, 1.165) is 47.9 Å². The zero-order chi connectivity index (χ0) is 26.0. The van der Waals surface area contributed by atoms with Gasteiger partial charge in [-0.1, -0.05) is 31.2 Å². The maximum atomic E-state index is 11.3. The molecule has 0 amide bonds. The number of H-pyrrole nitrogens is 1. The van der Waals surface area contributed by atoms with Crippen LogP contribution in [0.15, 0.2) is 35.9 Å². The molecule has 194 valence electrons. The molecule has 2 saturated carbocycles. The van der Waals surface area contributed by atoms with Crippen molar-refractivity contribution in [2.75, 3.05) is 14.1 Å². The third-order valence-electron chi connectivity index (χ3n) is 11.0. The average molecular weight is 501 g/mol. The normalized spacial score (nSPS) is 44.2. The van der Waals surface area contributed by atoms with Crippen LogP contribution in [-0.4, -0.2) is 68.9 Å². The number of aliphatic hydroxyl groups excluding tert-OH is 2. The number of nitrogens with zero attached hydrogens (tertiary/aromatic N) is 3. The molecule has 3 N–H and O–H groups in total. The van der Waals surface area contributed by atoms with E-state index >= 15 is 0 Å². The summed E-state index contributed by atoms with van der Waals surface area (Å²) < 4.78 is 7.27. The number of nitrogens with one attached hydrogen (secondary N) is 1. The molecule has 1 aromatic carbocycles. The Labute approximate surface area is 217 Å². The van der Waals surface area contributed by atoms with Crippen molar-refractivity contribution in [3.63, 3.8) is 0 Å². The van der Waals surface area contributed by atoms with Crippen LogP contribution < -0.4 is 0 Å². The number of aryl methyl sites for hydroxylation is 1. The Morgan fingerprint density at radius 1 is 1.19 bits per heavy atom. The third kappa shape index (κ3) is 2.72. The first-order valence-electron chi connectivity index (χ1n) is 13.6. The molecule has 3 fully saturated rings. The molecule has 3 aliphatic carbocycles. The van der Waals surface area contributed by atoms with Gasteiger partial charge in [-0.15, -0.1) is 0 Å². The number of rotatable bonds is 2. The van der Waals surface area contributed by atoms with Gasteiger partial charge in [0.05, 0.1) is 28.9 Å². The first-order valence-corrected chi connectivity index (χ1v) is 13.6. The van der Waals surface area contributed by atoms with Gasteiger partial charge in [0.2, 0.25) is 0 Å². The molecule has 5 aliphatic rings. The highest BCUT2D eigenvalue weighted by atomic mass is 16.5. The van der Waals surface area contributed by atoms with Crippen LogP contribution in [0, 0.1) is 35.0 Å². The van der Waals surface area contributed by atoms with Gasteiger partial charge in [0, 0.05) is 23.0 Å². The summed E-state index contributed by atoms with van der Waals surface area (Å²) in [5, 5.41) is 41.7. The number of nitriles is 1. The SMILES string of the molecule is Cc1[nH]nc2cc(C3=CCC4C3(C)CCC3(C#N)C=C5C(O)C(O)C(N(C)C)CC56CCC43O6)ccc12. The second kappa shape index (κ2) is 7.33. The minimum Gasteiger partial charge on any atom is -0.388 e. The molecule has 2 spiro atoms. The molecule has 3 heterocycles. The van der Waals surface area contributed by atoms with Crippen molar-refractivity contribution >= 4 is 16.5 Å². The number of benzene rings is 1. The van der Waals surface area contributed by atoms with Crippen LogP contribution in [0.3, 0.4) is 0 Å². The lowest BCUT2D eigenvalue weighted by atomic mass is 9.49. The van der Waals surface area contributed by atoms with Gasteiger partial charge >= 0.3 is 0 Å². The van der Waals surface area contributed by atoms with Gasteiger partial charge in [0.25, 0.3) is 0 Å². The quantitative estimate of drug-likeness (QED) is 0.541. The number of ether oxygens (including phenoxy) is 1. The molecule has 1 aromatic heterocycles. The maximum absolute atomic E-state index is 11.3. The number of hydrogen-bond donors (Lipinski definition) is 3. The molecule has 2 aromatic rings. The van der Waals surface area contributed by atoms with Crippen LogP contribution in [0.4, 0.5) is 0 Å². The number of aromatic amines is 1. The molecule has 7 nitrogen and oxygen atoms in total. The Morgan fingerprint density at radius 3 is 2.76 bits per heavy atom. The molecule has 7 heteroatoms. The van der Waals surface area contributed by atoms with Gasteiger partial charge in [-0.25, -0.2) is 0 Å². The summed E-state index contributed by atoms with van der Waals surface area (Å²) in [5.74, 6) is 0.166. The maximum Gasteiger partial charge on any atom is 0.105 e. The van der Waals surface area contributed by atoms with Crippen molar-refractivity contribution in [1.82, 2.24) is 15.1 Å². The van der Waals surface area contributed by atoms with Crippen LogP contribution in [0.2, 0.25) is 0 Å². The van der Waals surface area contributed by atoms with Crippen LogP contribution in [0.5, 0.6) is 0 Å². The van der Waals surface area contributed by atoms with E-state index in [9.17, 15) is 15.5 Å². The number of allylic oxidation sites excluding steroid dienone is 2. The summed E-state index contributed by atoms with van der Waals surface area (Å²) in [6, 6.07) is 9.07. The predicted octanol–water partition coefficient (Wildman–Crippen LogP) is 3.87. The van der Waals surface area contributed by atoms with Crippen molar-refractivity contribution < 1.29 is 14.9 Å². The Morgan fingerprint density at radius 2 is 2.00 bits per heavy atom. The molecule has 8 atom stereocenters. The van der Waals surface area contributed by atoms with Crippen LogP contribution >= 0.6 is 0 Å². The highest BCUT2D eigenvalue weighted by molar-refractivity contribution is 5.86. The summed E-state index contributed by atoms with van der Waals surface area (Å²) in [7, 11) is 3.89. The van der Waals surface area contributed by atoms with E-state index in [1.807, 2.05) is 25.9 Å². The third-order valence-corrected chi connectivity index (χ3v) is 11.0. The first-order chi connectivity index (χ1) is 17.6. The van der Waals surface area contributed by atoms with Gasteiger partial charge in [0.1, 0.15) is 11.5 Å². The zero-order valence-corrected chi connectivity index (χ0v) is 22.1. The Bertz CT molecular complexity index is 1420. The van der Waals surface area contributed by atoms with Gasteiger partial charge < -0.3 is 19.8 Å². The van der Waals surface area contributed by atoms with E-state index in [-0.39, 0.29) is 17.4 Å². The fourth-order valence-corrected chi connectivity index (χ4v) is 9.00. The lowest BCUT2D eigenvalue weighted by molar-refractivity contribution is -0.223. The van der Waals surface area contributed by atoms with E-state index in [2.05, 4.69) is 53.5 Å². The largest absolute Gasteiger partial charge is 0.388 e. The Balaban J connectivity index is 1.32. The molecule has 8 unspecified atom stereocenters. The Hall–Kier alpha value is -2.50. The van der Waals surface area contributed by atoms with E-state index in [1.165, 1.54) is 11.1 Å². The molecule has 7 rings (SSSR count). The van der Waals surface area contributed by atoms with Gasteiger partial charge in [-0.2, -0.15) is 10.4 Å². The standard InChI is InChI=1S/C30H36N4O3/c1-17-19-6-5-18(13-22(19)33-32-17)20-7-8-24-27(20,2)9-10-28(16-31)14-21-25(35)26(36)23(34(3)4)15-29(21)11-12-30(24,28)37-29/h5-7,13-14,23-26,35-36H,8-12,15H2,1-4H3,(H,32,33). The molecular formula is C30H36N4O3. The lowest BCUT2D eigenvalue weighted by Gasteiger charge is -2.61. The topological polar surface area (TPSA) is 105 Å². The minimum absolute atomic E-state index is 0.121. The summed E-state index contributed by atoms with van der Waals surface area (Å²) in [4.78, 5) is 1.99. The second-order valence-corrected chi connectivity index (χ2v) is 12.7. The smallest absolute Gasteiger partial charge is 0.105 e. The first kappa shape index (κ1) is 23.6. The van der Waals surface area contributed by atoms with Crippen molar-refractivity contribution in [2.24, 2.45) is 16.7 Å². The summed E-state index contributed by atoms with van der Waals surface area (Å²) >= 11 is 0. The molecule has 1 saturated heterocycles. The lowest BCUT2D eigenvalue weighted by Crippen LogP contribution is -2.66.